The molecule has 4 rings (SSSR count). The zero-order chi connectivity index (χ0) is 20.2. The zero-order valence-electron chi connectivity index (χ0n) is 15.9. The zero-order valence-corrected chi connectivity index (χ0v) is 15.9. The number of hydrogen-bond donors (Lipinski definition) is 1. The molecule has 0 unspecified atom stereocenters. The fraction of sp³-hybridized carbons (Fsp3) is 0.0870. The summed E-state index contributed by atoms with van der Waals surface area (Å²) < 4.78 is 6.42. The van der Waals surface area contributed by atoms with Crippen molar-refractivity contribution >= 4 is 16.8 Å². The Kier molecular flexibility index (Phi) is 5.07. The van der Waals surface area contributed by atoms with Crippen LogP contribution in [0.3, 0.4) is 0 Å². The number of para-hydroxylation sites is 1. The number of carbonyl (C=O) groups is 1. The van der Waals surface area contributed by atoms with Gasteiger partial charge in [-0.25, -0.2) is 9.78 Å². The van der Waals surface area contributed by atoms with Crippen LogP contribution < -0.4 is 20.7 Å². The molecule has 0 aliphatic heterocycles. The van der Waals surface area contributed by atoms with Gasteiger partial charge in [0.1, 0.15) is 16.7 Å². The molecule has 6 heteroatoms. The maximum Gasteiger partial charge on any atom is 0.369 e. The second kappa shape index (κ2) is 7.98. The molecule has 6 nitrogen and oxygen atoms in total. The summed E-state index contributed by atoms with van der Waals surface area (Å²) in [6.07, 6.45) is 0.136. The highest BCUT2D eigenvalue weighted by Crippen LogP contribution is 2.15. The highest BCUT2D eigenvalue weighted by Gasteiger charge is 2.21. The Bertz CT molecular complexity index is 1220. The molecule has 4 aromatic rings. The highest BCUT2D eigenvalue weighted by atomic mass is 16.5. The van der Waals surface area contributed by atoms with Crippen molar-refractivity contribution in [3.05, 3.63) is 94.8 Å². The SMILES string of the molecule is COc1ccc(CC(=O)Nn2c(-c3ccccc3)[nH+]c3ccccc3c2=O)cc1. The van der Waals surface area contributed by atoms with Gasteiger partial charge in [-0.1, -0.05) is 47.1 Å². The smallest absolute Gasteiger partial charge is 0.369 e. The Labute approximate surface area is 167 Å². The summed E-state index contributed by atoms with van der Waals surface area (Å²) >= 11 is 0. The molecule has 0 atom stereocenters. The lowest BCUT2D eigenvalue weighted by Crippen LogP contribution is -2.39. The van der Waals surface area contributed by atoms with Gasteiger partial charge < -0.3 is 4.74 Å². The number of nitrogens with zero attached hydrogens (tertiary/aromatic N) is 1. The summed E-state index contributed by atoms with van der Waals surface area (Å²) in [5.41, 5.74) is 4.78. The van der Waals surface area contributed by atoms with Gasteiger partial charge in [-0.3, -0.25) is 4.79 Å². The second-order valence-electron chi connectivity index (χ2n) is 6.59. The van der Waals surface area contributed by atoms with E-state index in [1.807, 2.05) is 54.6 Å². The molecule has 0 spiro atoms. The van der Waals surface area contributed by atoms with Gasteiger partial charge in [0, 0.05) is 0 Å². The molecular formula is C23H20N3O3+. The maximum atomic E-state index is 13.1. The predicted molar refractivity (Wildman–Crippen MR) is 111 cm³/mol. The number of fused-ring (bicyclic) bond motifs is 1. The van der Waals surface area contributed by atoms with E-state index < -0.39 is 0 Å². The summed E-state index contributed by atoms with van der Waals surface area (Å²) in [6.45, 7) is 0. The molecule has 0 saturated carbocycles. The van der Waals surface area contributed by atoms with Crippen LogP contribution >= 0.6 is 0 Å². The lowest BCUT2D eigenvalue weighted by atomic mass is 10.1. The molecule has 0 radical (unpaired) electrons. The molecule has 1 aromatic heterocycles. The van der Waals surface area contributed by atoms with Gasteiger partial charge in [-0.2, -0.15) is 5.43 Å². The minimum Gasteiger partial charge on any atom is -0.497 e. The number of H-pyrrole nitrogens is 1. The fourth-order valence-corrected chi connectivity index (χ4v) is 3.18. The van der Waals surface area contributed by atoms with Crippen LogP contribution in [0.1, 0.15) is 5.56 Å². The summed E-state index contributed by atoms with van der Waals surface area (Å²) in [5, 5.41) is 0.497. The van der Waals surface area contributed by atoms with E-state index in [-0.39, 0.29) is 17.9 Å². The van der Waals surface area contributed by atoms with Gasteiger partial charge >= 0.3 is 11.4 Å². The normalized spacial score (nSPS) is 10.7. The largest absolute Gasteiger partial charge is 0.497 e. The van der Waals surface area contributed by atoms with E-state index >= 15 is 0 Å². The summed E-state index contributed by atoms with van der Waals surface area (Å²) in [7, 11) is 1.59. The number of rotatable bonds is 5. The van der Waals surface area contributed by atoms with E-state index in [9.17, 15) is 9.59 Å². The maximum absolute atomic E-state index is 13.1. The van der Waals surface area contributed by atoms with Crippen molar-refractivity contribution < 1.29 is 14.5 Å². The van der Waals surface area contributed by atoms with Gasteiger partial charge in [-0.15, -0.1) is 0 Å². The van der Waals surface area contributed by atoms with Gasteiger partial charge in [0.2, 0.25) is 0 Å². The lowest BCUT2D eigenvalue weighted by Gasteiger charge is -2.08. The van der Waals surface area contributed by atoms with E-state index in [4.69, 9.17) is 4.74 Å². The molecule has 3 aromatic carbocycles. The van der Waals surface area contributed by atoms with Crippen LogP contribution in [0.25, 0.3) is 22.3 Å². The van der Waals surface area contributed by atoms with Gasteiger partial charge in [0.25, 0.3) is 5.91 Å². The number of aromatic nitrogens is 2. The van der Waals surface area contributed by atoms with E-state index in [0.29, 0.717) is 16.7 Å². The minimum absolute atomic E-state index is 0.136. The van der Waals surface area contributed by atoms with Crippen LogP contribution in [0, 0.1) is 0 Å². The van der Waals surface area contributed by atoms with Gasteiger partial charge in [0.15, 0.2) is 0 Å². The first kappa shape index (κ1) is 18.4. The van der Waals surface area contributed by atoms with Gasteiger partial charge in [0.05, 0.1) is 19.1 Å². The molecule has 0 aliphatic rings. The standard InChI is InChI=1S/C23H19N3O3/c1-29-18-13-11-16(12-14-18)15-21(27)25-26-22(17-7-3-2-4-8-17)24-20-10-6-5-9-19(20)23(26)28/h2-14H,15H2,1H3,(H,25,27)/p+1. The van der Waals surface area contributed by atoms with Crippen molar-refractivity contribution in [3.8, 4) is 17.1 Å². The number of benzene rings is 3. The van der Waals surface area contributed by atoms with E-state index in [1.54, 1.807) is 31.4 Å². The Morgan fingerprint density at radius 3 is 2.38 bits per heavy atom. The number of aromatic amines is 1. The van der Waals surface area contributed by atoms with Crippen LogP contribution in [0.4, 0.5) is 0 Å². The number of methoxy groups -OCH3 is 1. The Balaban J connectivity index is 1.72. The number of amides is 1. The van der Waals surface area contributed by atoms with Crippen LogP contribution in [0.2, 0.25) is 0 Å². The average molecular weight is 386 g/mol. The molecule has 144 valence electrons. The predicted octanol–water partition coefficient (Wildman–Crippen LogP) is 2.80. The molecule has 0 bridgehead atoms. The molecule has 0 saturated heterocycles. The Hall–Kier alpha value is -3.93. The van der Waals surface area contributed by atoms with Crippen molar-refractivity contribution in [2.75, 3.05) is 12.5 Å². The topological polar surface area (TPSA) is 74.5 Å². The monoisotopic (exact) mass is 386 g/mol. The van der Waals surface area contributed by atoms with Gasteiger partial charge in [-0.05, 0) is 42.0 Å². The highest BCUT2D eigenvalue weighted by molar-refractivity contribution is 5.87. The van der Waals surface area contributed by atoms with E-state index in [1.165, 1.54) is 4.68 Å². The van der Waals surface area contributed by atoms with Crippen molar-refractivity contribution in [3.63, 3.8) is 0 Å². The molecule has 2 N–H and O–H groups in total. The summed E-state index contributed by atoms with van der Waals surface area (Å²) in [4.78, 5) is 29.1. The minimum atomic E-state index is -0.293. The number of carbonyl (C=O) groups excluding carboxylic acids is 1. The van der Waals surface area contributed by atoms with Crippen LogP contribution in [0.5, 0.6) is 5.75 Å². The molecule has 1 amide bonds. The molecule has 0 fully saturated rings. The number of hydrogen-bond acceptors (Lipinski definition) is 3. The quantitative estimate of drug-likeness (QED) is 0.573. The van der Waals surface area contributed by atoms with Crippen molar-refractivity contribution in [2.45, 2.75) is 6.42 Å². The first-order valence-electron chi connectivity index (χ1n) is 9.21. The average Bonchev–Trinajstić information content (AvgIpc) is 2.77. The second-order valence-corrected chi connectivity index (χ2v) is 6.59. The molecular weight excluding hydrogens is 366 g/mol. The number of nitrogens with one attached hydrogen (secondary N) is 2. The van der Waals surface area contributed by atoms with Crippen molar-refractivity contribution in [1.29, 1.82) is 0 Å². The van der Waals surface area contributed by atoms with E-state index in [0.717, 1.165) is 16.9 Å². The Morgan fingerprint density at radius 1 is 0.966 bits per heavy atom. The van der Waals surface area contributed by atoms with Crippen LogP contribution in [-0.4, -0.2) is 17.7 Å². The third-order valence-electron chi connectivity index (χ3n) is 4.64. The van der Waals surface area contributed by atoms with Crippen molar-refractivity contribution in [1.82, 2.24) is 4.68 Å². The third kappa shape index (κ3) is 3.87. The lowest BCUT2D eigenvalue weighted by molar-refractivity contribution is -0.337. The van der Waals surface area contributed by atoms with Crippen LogP contribution in [0.15, 0.2) is 83.7 Å². The van der Waals surface area contributed by atoms with Crippen molar-refractivity contribution in [2.24, 2.45) is 0 Å². The summed E-state index contributed by atoms with van der Waals surface area (Å²) in [5.74, 6) is 0.941. The third-order valence-corrected chi connectivity index (χ3v) is 4.64. The molecule has 1 heterocycles. The van der Waals surface area contributed by atoms with E-state index in [2.05, 4.69) is 10.4 Å². The molecule has 0 aliphatic carbocycles. The fourth-order valence-electron chi connectivity index (χ4n) is 3.18. The molecule has 29 heavy (non-hydrogen) atoms. The number of ether oxygens (including phenoxy) is 1. The summed E-state index contributed by atoms with van der Waals surface area (Å²) in [6, 6.07) is 23.9. The van der Waals surface area contributed by atoms with Crippen LogP contribution in [-0.2, 0) is 11.2 Å². The first-order chi connectivity index (χ1) is 14.2. The Morgan fingerprint density at radius 2 is 1.66 bits per heavy atom. The first-order valence-corrected chi connectivity index (χ1v) is 9.21.